The van der Waals surface area contributed by atoms with Crippen LogP contribution >= 0.6 is 0 Å². The molecule has 2 heterocycles. The van der Waals surface area contributed by atoms with Crippen molar-refractivity contribution in [2.24, 2.45) is 0 Å². The fourth-order valence-electron chi connectivity index (χ4n) is 3.21. The van der Waals surface area contributed by atoms with Crippen molar-refractivity contribution >= 4 is 5.69 Å². The molecule has 1 aromatic heterocycles. The van der Waals surface area contributed by atoms with Crippen LogP contribution in [0, 0.1) is 10.1 Å². The first-order chi connectivity index (χ1) is 11.5. The van der Waals surface area contributed by atoms with Crippen molar-refractivity contribution in [2.45, 2.75) is 44.9 Å². The van der Waals surface area contributed by atoms with E-state index in [9.17, 15) is 15.2 Å². The molecule has 1 N–H and O–H groups in total. The summed E-state index contributed by atoms with van der Waals surface area (Å²) in [6.45, 7) is 3.50. The zero-order chi connectivity index (χ0) is 17.1. The monoisotopic (exact) mass is 331 g/mol. The lowest BCUT2D eigenvalue weighted by molar-refractivity contribution is -0.384. The van der Waals surface area contributed by atoms with Crippen molar-refractivity contribution in [1.82, 2.24) is 9.88 Å². The first kappa shape index (κ1) is 16.6. The number of aliphatic hydroxyl groups is 1. The highest BCUT2D eigenvalue weighted by Gasteiger charge is 2.26. The van der Waals surface area contributed by atoms with Crippen LogP contribution < -0.4 is 0 Å². The van der Waals surface area contributed by atoms with Gasteiger partial charge < -0.3 is 9.52 Å². The van der Waals surface area contributed by atoms with E-state index in [-0.39, 0.29) is 11.8 Å². The summed E-state index contributed by atoms with van der Waals surface area (Å²) >= 11 is 0. The predicted molar refractivity (Wildman–Crippen MR) is 88.3 cm³/mol. The van der Waals surface area contributed by atoms with Gasteiger partial charge in [-0.15, -0.1) is 0 Å². The number of oxazole rings is 1. The summed E-state index contributed by atoms with van der Waals surface area (Å²) in [5.74, 6) is 0.464. The number of nitro groups is 1. The number of aliphatic hydroxyl groups excluding tert-OH is 1. The Balaban J connectivity index is 1.68. The van der Waals surface area contributed by atoms with E-state index in [4.69, 9.17) is 4.42 Å². The maximum atomic E-state index is 10.7. The molecule has 0 radical (unpaired) electrons. The van der Waals surface area contributed by atoms with E-state index in [0.717, 1.165) is 31.5 Å². The second-order valence-electron chi connectivity index (χ2n) is 6.30. The van der Waals surface area contributed by atoms with Gasteiger partial charge in [-0.05, 0) is 44.9 Å². The third kappa shape index (κ3) is 3.80. The van der Waals surface area contributed by atoms with Gasteiger partial charge in [0.25, 0.3) is 5.69 Å². The molecule has 0 aliphatic carbocycles. The van der Waals surface area contributed by atoms with Crippen molar-refractivity contribution in [2.75, 3.05) is 6.54 Å². The van der Waals surface area contributed by atoms with Gasteiger partial charge in [-0.1, -0.05) is 0 Å². The minimum Gasteiger partial charge on any atom is -0.444 e. The molecule has 1 aromatic carbocycles. The number of benzene rings is 1. The van der Waals surface area contributed by atoms with E-state index >= 15 is 0 Å². The van der Waals surface area contributed by atoms with Crippen molar-refractivity contribution in [3.8, 4) is 11.5 Å². The highest BCUT2D eigenvalue weighted by molar-refractivity contribution is 5.55. The molecule has 1 aliphatic rings. The average molecular weight is 331 g/mol. The Morgan fingerprint density at radius 2 is 2.21 bits per heavy atom. The van der Waals surface area contributed by atoms with E-state index in [1.807, 2.05) is 6.92 Å². The molecular formula is C17H21N3O4. The Morgan fingerprint density at radius 3 is 2.88 bits per heavy atom. The van der Waals surface area contributed by atoms with Crippen LogP contribution in [-0.2, 0) is 6.54 Å². The van der Waals surface area contributed by atoms with Crippen LogP contribution in [0.25, 0.3) is 11.5 Å². The number of non-ortho nitro benzene ring substituents is 1. The Hall–Kier alpha value is -2.25. The number of likely N-dealkylation sites (tertiary alicyclic amines) is 1. The topological polar surface area (TPSA) is 92.6 Å². The number of rotatable bonds is 6. The van der Waals surface area contributed by atoms with Gasteiger partial charge in [-0.2, -0.15) is 0 Å². The van der Waals surface area contributed by atoms with Crippen molar-refractivity contribution in [3.63, 3.8) is 0 Å². The average Bonchev–Trinajstić information content (AvgIpc) is 3.17. The quantitative estimate of drug-likeness (QED) is 0.646. The van der Waals surface area contributed by atoms with E-state index < -0.39 is 4.92 Å². The molecule has 24 heavy (non-hydrogen) atoms. The molecule has 3 rings (SSSR count). The summed E-state index contributed by atoms with van der Waals surface area (Å²) in [5.41, 5.74) is 1.60. The summed E-state index contributed by atoms with van der Waals surface area (Å²) in [4.78, 5) is 17.1. The van der Waals surface area contributed by atoms with Crippen LogP contribution in [0.3, 0.4) is 0 Å². The number of hydrogen-bond donors (Lipinski definition) is 1. The highest BCUT2D eigenvalue weighted by Crippen LogP contribution is 2.26. The maximum absolute atomic E-state index is 10.7. The Bertz CT molecular complexity index is 696. The third-order valence-electron chi connectivity index (χ3n) is 4.35. The summed E-state index contributed by atoms with van der Waals surface area (Å²) < 4.78 is 5.52. The van der Waals surface area contributed by atoms with Crippen molar-refractivity contribution in [3.05, 3.63) is 46.3 Å². The van der Waals surface area contributed by atoms with E-state index in [1.54, 1.807) is 18.4 Å². The van der Waals surface area contributed by atoms with Gasteiger partial charge >= 0.3 is 0 Å². The molecule has 0 bridgehead atoms. The zero-order valence-electron chi connectivity index (χ0n) is 13.6. The van der Waals surface area contributed by atoms with Crippen LogP contribution in [0.2, 0.25) is 0 Å². The molecule has 0 spiro atoms. The standard InChI is InChI=1S/C17H21N3O4/c1-12(21)9-16-3-2-8-19(16)10-14-11-24-17(18-14)13-4-6-15(7-5-13)20(22)23/h4-7,11-12,16,21H,2-3,8-10H2,1H3. The van der Waals surface area contributed by atoms with Gasteiger partial charge in [0.15, 0.2) is 0 Å². The molecular weight excluding hydrogens is 310 g/mol. The summed E-state index contributed by atoms with van der Waals surface area (Å²) in [6, 6.07) is 6.54. The minimum absolute atomic E-state index is 0.0450. The van der Waals surface area contributed by atoms with Crippen molar-refractivity contribution < 1.29 is 14.4 Å². The predicted octanol–water partition coefficient (Wildman–Crippen LogP) is 2.99. The van der Waals surface area contributed by atoms with Gasteiger partial charge in [0.2, 0.25) is 5.89 Å². The van der Waals surface area contributed by atoms with Gasteiger partial charge in [-0.25, -0.2) is 4.98 Å². The molecule has 0 amide bonds. The molecule has 1 saturated heterocycles. The number of aromatic nitrogens is 1. The highest BCUT2D eigenvalue weighted by atomic mass is 16.6. The molecule has 2 atom stereocenters. The number of nitrogens with zero attached hydrogens (tertiary/aromatic N) is 3. The fourth-order valence-corrected chi connectivity index (χ4v) is 3.21. The van der Waals surface area contributed by atoms with Crippen LogP contribution in [0.4, 0.5) is 5.69 Å². The smallest absolute Gasteiger partial charge is 0.269 e. The van der Waals surface area contributed by atoms with Gasteiger partial charge in [0, 0.05) is 30.3 Å². The van der Waals surface area contributed by atoms with E-state index in [2.05, 4.69) is 9.88 Å². The summed E-state index contributed by atoms with van der Waals surface area (Å²) in [7, 11) is 0. The second-order valence-corrected chi connectivity index (χ2v) is 6.30. The van der Waals surface area contributed by atoms with Crippen LogP contribution in [0.1, 0.15) is 31.9 Å². The number of hydrogen-bond acceptors (Lipinski definition) is 6. The SMILES string of the molecule is CC(O)CC1CCCN1Cc1coc(-c2ccc([N+](=O)[O-])cc2)n1. The lowest BCUT2D eigenvalue weighted by Crippen LogP contribution is -2.31. The van der Waals surface area contributed by atoms with Gasteiger partial charge in [-0.3, -0.25) is 15.0 Å². The first-order valence-electron chi connectivity index (χ1n) is 8.14. The molecule has 0 saturated carbocycles. The summed E-state index contributed by atoms with van der Waals surface area (Å²) in [5, 5.41) is 20.3. The minimum atomic E-state index is -0.430. The zero-order valence-corrected chi connectivity index (χ0v) is 13.6. The lowest BCUT2D eigenvalue weighted by Gasteiger charge is -2.24. The van der Waals surface area contributed by atoms with Crippen LogP contribution in [0.5, 0.6) is 0 Å². The molecule has 7 heteroatoms. The second kappa shape index (κ2) is 7.11. The largest absolute Gasteiger partial charge is 0.444 e. The first-order valence-corrected chi connectivity index (χ1v) is 8.14. The summed E-state index contributed by atoms with van der Waals surface area (Å²) in [6.07, 6.45) is 4.33. The van der Waals surface area contributed by atoms with Crippen molar-refractivity contribution in [1.29, 1.82) is 0 Å². The Labute approximate surface area is 140 Å². The lowest BCUT2D eigenvalue weighted by atomic mass is 10.1. The molecule has 7 nitrogen and oxygen atoms in total. The van der Waals surface area contributed by atoms with E-state index in [1.165, 1.54) is 12.1 Å². The Kier molecular flexibility index (Phi) is 4.92. The maximum Gasteiger partial charge on any atom is 0.269 e. The molecule has 1 aliphatic heterocycles. The van der Waals surface area contributed by atoms with E-state index in [0.29, 0.717) is 24.0 Å². The van der Waals surface area contributed by atoms with Crippen LogP contribution in [0.15, 0.2) is 34.9 Å². The number of nitro benzene ring substituents is 1. The van der Waals surface area contributed by atoms with Gasteiger partial charge in [0.1, 0.15) is 6.26 Å². The molecule has 128 valence electrons. The molecule has 2 aromatic rings. The Morgan fingerprint density at radius 1 is 1.46 bits per heavy atom. The molecule has 2 unspecified atom stereocenters. The normalized spacial score (nSPS) is 19.5. The molecule has 1 fully saturated rings. The van der Waals surface area contributed by atoms with Crippen LogP contribution in [-0.4, -0.2) is 38.6 Å². The fraction of sp³-hybridized carbons (Fsp3) is 0.471. The third-order valence-corrected chi connectivity index (χ3v) is 4.35. The van der Waals surface area contributed by atoms with Gasteiger partial charge in [0.05, 0.1) is 16.7 Å².